The molecule has 9 nitrogen and oxygen atoms in total. The van der Waals surface area contributed by atoms with Crippen LogP contribution in [-0.4, -0.2) is 42.5 Å². The lowest BCUT2D eigenvalue weighted by Crippen LogP contribution is -2.20. The molecule has 0 bridgehead atoms. The van der Waals surface area contributed by atoms with Crippen molar-refractivity contribution in [1.82, 2.24) is 4.98 Å². The maximum atomic E-state index is 12.0. The second-order valence-corrected chi connectivity index (χ2v) is 5.86. The number of anilines is 1. The number of carbonyl (C=O) groups excluding carboxylic acids is 2. The van der Waals surface area contributed by atoms with Crippen LogP contribution in [0.2, 0.25) is 0 Å². The predicted octanol–water partition coefficient (Wildman–Crippen LogP) is 2.13. The van der Waals surface area contributed by atoms with Gasteiger partial charge in [-0.1, -0.05) is 35.5 Å². The van der Waals surface area contributed by atoms with Crippen molar-refractivity contribution in [2.24, 2.45) is 10.9 Å². The number of nitrogens with two attached hydrogens (primary N) is 1. The highest BCUT2D eigenvalue weighted by molar-refractivity contribution is 7.14. The normalized spacial score (nSPS) is 11.0. The molecule has 1 amide bonds. The van der Waals surface area contributed by atoms with Crippen molar-refractivity contribution < 1.29 is 23.9 Å². The number of esters is 1. The van der Waals surface area contributed by atoms with Crippen molar-refractivity contribution in [1.29, 1.82) is 0 Å². The number of carbonyl (C=O) groups is 2. The van der Waals surface area contributed by atoms with Crippen LogP contribution >= 0.6 is 11.3 Å². The van der Waals surface area contributed by atoms with Gasteiger partial charge in [-0.15, -0.1) is 11.3 Å². The van der Waals surface area contributed by atoms with E-state index >= 15 is 0 Å². The number of nitrogens with zero attached hydrogens (tertiary/aromatic N) is 2. The molecule has 0 radical (unpaired) electrons. The lowest BCUT2D eigenvalue weighted by Gasteiger charge is -2.05. The maximum absolute atomic E-state index is 12.0. The molecular formula is C17H20N4O5S. The van der Waals surface area contributed by atoms with E-state index in [9.17, 15) is 9.59 Å². The molecule has 3 N–H and O–H groups in total. The number of amides is 1. The van der Waals surface area contributed by atoms with E-state index in [1.807, 2.05) is 30.3 Å². The predicted molar refractivity (Wildman–Crippen MR) is 101 cm³/mol. The number of rotatable bonds is 9. The molecule has 1 heterocycles. The van der Waals surface area contributed by atoms with Crippen LogP contribution in [0.1, 0.15) is 18.2 Å². The van der Waals surface area contributed by atoms with Crippen molar-refractivity contribution in [2.75, 3.05) is 25.1 Å². The molecule has 144 valence electrons. The molecule has 0 aliphatic heterocycles. The molecule has 0 fully saturated rings. The second kappa shape index (κ2) is 10.9. The summed E-state index contributed by atoms with van der Waals surface area (Å²) in [5.74, 6) is -0.682. The zero-order valence-corrected chi connectivity index (χ0v) is 15.5. The number of oxime groups is 1. The van der Waals surface area contributed by atoms with Gasteiger partial charge in [0.15, 0.2) is 5.13 Å². The Morgan fingerprint density at radius 3 is 2.74 bits per heavy atom. The highest BCUT2D eigenvalue weighted by Crippen LogP contribution is 2.17. The van der Waals surface area contributed by atoms with E-state index in [0.717, 1.165) is 16.9 Å². The summed E-state index contributed by atoms with van der Waals surface area (Å²) < 4.78 is 10.1. The summed E-state index contributed by atoms with van der Waals surface area (Å²) in [6, 6.07) is 9.27. The van der Waals surface area contributed by atoms with Crippen LogP contribution in [0.3, 0.4) is 0 Å². The number of aromatic nitrogens is 1. The molecule has 1 aromatic carbocycles. The summed E-state index contributed by atoms with van der Waals surface area (Å²) in [7, 11) is 0. The monoisotopic (exact) mass is 392 g/mol. The Morgan fingerprint density at radius 1 is 1.26 bits per heavy atom. The van der Waals surface area contributed by atoms with Gasteiger partial charge in [-0.05, 0) is 12.5 Å². The fraction of sp³-hybridized carbons (Fsp3) is 0.294. The maximum Gasteiger partial charge on any atom is 0.413 e. The molecule has 2 rings (SSSR count). The summed E-state index contributed by atoms with van der Waals surface area (Å²) in [6.45, 7) is 2.37. The van der Waals surface area contributed by atoms with E-state index in [0.29, 0.717) is 0 Å². The summed E-state index contributed by atoms with van der Waals surface area (Å²) in [4.78, 5) is 33.0. The molecule has 0 atom stereocenters. The first-order chi connectivity index (χ1) is 13.1. The minimum absolute atomic E-state index is 0.104. The molecule has 1 aromatic heterocycles. The first-order valence-corrected chi connectivity index (χ1v) is 9.02. The van der Waals surface area contributed by atoms with Gasteiger partial charge in [-0.2, -0.15) is 0 Å². The largest absolute Gasteiger partial charge is 0.461 e. The molecule has 27 heavy (non-hydrogen) atoms. The molecule has 0 aliphatic rings. The molecule has 0 unspecified atom stereocenters. The van der Waals surface area contributed by atoms with Crippen molar-refractivity contribution in [3.05, 3.63) is 47.0 Å². The standard InChI is InChI=1S/C17H20N4O5S/c1-2-24-15(22)14(21-26-9-8-18)13-11-27-16(19-13)20-17(23)25-10-12-6-4-3-5-7-12/h3-7,11H,2,8-10,18H2,1H3,(H,19,20,23)/b21-14-. The average Bonchev–Trinajstić information content (AvgIpc) is 3.12. The topological polar surface area (TPSA) is 125 Å². The fourth-order valence-electron chi connectivity index (χ4n) is 1.84. The van der Waals surface area contributed by atoms with Gasteiger partial charge in [0, 0.05) is 11.9 Å². The third kappa shape index (κ3) is 6.68. The zero-order chi connectivity index (χ0) is 19.5. The summed E-state index contributed by atoms with van der Waals surface area (Å²) in [6.07, 6.45) is -0.659. The number of nitrogens with one attached hydrogen (secondary N) is 1. The van der Waals surface area contributed by atoms with Crippen molar-refractivity contribution in [3.8, 4) is 0 Å². The minimum atomic E-state index is -0.682. The SMILES string of the molecule is CCOC(=O)/C(=N\OCCN)c1csc(NC(=O)OCc2ccccc2)n1. The molecule has 10 heteroatoms. The number of hydrogen-bond donors (Lipinski definition) is 2. The smallest absolute Gasteiger partial charge is 0.413 e. The first kappa shape index (κ1) is 20.3. The van der Waals surface area contributed by atoms with Crippen LogP contribution in [0.25, 0.3) is 0 Å². The van der Waals surface area contributed by atoms with Crippen molar-refractivity contribution >= 4 is 34.2 Å². The van der Waals surface area contributed by atoms with Crippen LogP contribution in [0.5, 0.6) is 0 Å². The third-order valence-electron chi connectivity index (χ3n) is 3.00. The van der Waals surface area contributed by atoms with Crippen LogP contribution < -0.4 is 11.1 Å². The highest BCUT2D eigenvalue weighted by atomic mass is 32.1. The van der Waals surface area contributed by atoms with Gasteiger partial charge < -0.3 is 20.0 Å². The Kier molecular flexibility index (Phi) is 8.20. The molecule has 2 aromatic rings. The Hall–Kier alpha value is -2.98. The summed E-state index contributed by atoms with van der Waals surface area (Å²) in [5.41, 5.74) is 6.31. The van der Waals surface area contributed by atoms with Gasteiger partial charge in [0.25, 0.3) is 0 Å². The van der Waals surface area contributed by atoms with E-state index in [1.54, 1.807) is 12.3 Å². The van der Waals surface area contributed by atoms with Crippen LogP contribution in [0.15, 0.2) is 40.9 Å². The minimum Gasteiger partial charge on any atom is -0.461 e. The van der Waals surface area contributed by atoms with Crippen LogP contribution in [-0.2, 0) is 25.7 Å². The van der Waals surface area contributed by atoms with Gasteiger partial charge in [-0.25, -0.2) is 14.6 Å². The first-order valence-electron chi connectivity index (χ1n) is 8.14. The Balaban J connectivity index is 1.98. The Bertz CT molecular complexity index is 779. The number of hydrogen-bond acceptors (Lipinski definition) is 9. The van der Waals surface area contributed by atoms with E-state index in [4.69, 9.17) is 20.0 Å². The molecule has 0 aliphatic carbocycles. The Labute approximate surface area is 160 Å². The van der Waals surface area contributed by atoms with E-state index in [2.05, 4.69) is 15.5 Å². The van der Waals surface area contributed by atoms with Crippen LogP contribution in [0.4, 0.5) is 9.93 Å². The van der Waals surface area contributed by atoms with E-state index in [-0.39, 0.29) is 42.9 Å². The number of benzene rings is 1. The van der Waals surface area contributed by atoms with E-state index < -0.39 is 12.1 Å². The summed E-state index contributed by atoms with van der Waals surface area (Å²) in [5, 5.41) is 8.04. The second-order valence-electron chi connectivity index (χ2n) is 5.01. The fourth-order valence-corrected chi connectivity index (χ4v) is 2.52. The van der Waals surface area contributed by atoms with E-state index in [1.165, 1.54) is 0 Å². The van der Waals surface area contributed by atoms with Gasteiger partial charge >= 0.3 is 12.1 Å². The Morgan fingerprint density at radius 2 is 2.04 bits per heavy atom. The molecular weight excluding hydrogens is 372 g/mol. The van der Waals surface area contributed by atoms with Crippen molar-refractivity contribution in [3.63, 3.8) is 0 Å². The summed E-state index contributed by atoms with van der Waals surface area (Å²) >= 11 is 1.11. The quantitative estimate of drug-likeness (QED) is 0.290. The lowest BCUT2D eigenvalue weighted by atomic mass is 10.2. The average molecular weight is 392 g/mol. The van der Waals surface area contributed by atoms with Gasteiger partial charge in [-0.3, -0.25) is 5.32 Å². The molecule has 0 spiro atoms. The van der Waals surface area contributed by atoms with Gasteiger partial charge in [0.05, 0.1) is 6.61 Å². The molecule has 0 saturated carbocycles. The lowest BCUT2D eigenvalue weighted by molar-refractivity contribution is -0.135. The number of ether oxygens (including phenoxy) is 2. The van der Waals surface area contributed by atoms with Gasteiger partial charge in [0.2, 0.25) is 5.71 Å². The van der Waals surface area contributed by atoms with Crippen molar-refractivity contribution in [2.45, 2.75) is 13.5 Å². The third-order valence-corrected chi connectivity index (χ3v) is 3.76. The molecule has 0 saturated heterocycles. The van der Waals surface area contributed by atoms with Crippen LogP contribution in [0, 0.1) is 0 Å². The van der Waals surface area contributed by atoms with Gasteiger partial charge in [0.1, 0.15) is 18.9 Å². The number of thiazole rings is 1. The zero-order valence-electron chi connectivity index (χ0n) is 14.7. The highest BCUT2D eigenvalue weighted by Gasteiger charge is 2.20.